The number of benzene rings is 3. The molecule has 4 aromatic rings. The molecule has 0 unspecified atom stereocenters. The van der Waals surface area contributed by atoms with E-state index >= 15 is 0 Å². The summed E-state index contributed by atoms with van der Waals surface area (Å²) in [5.41, 5.74) is 7.48. The molecule has 0 radical (unpaired) electrons. The molecule has 9 heteroatoms. The van der Waals surface area contributed by atoms with Crippen LogP contribution in [0.15, 0.2) is 67.0 Å². The number of nitrogens with zero attached hydrogens (tertiary/aromatic N) is 3. The second-order valence-corrected chi connectivity index (χ2v) is 12.7. The monoisotopic (exact) mass is 657 g/mol. The van der Waals surface area contributed by atoms with Crippen molar-refractivity contribution in [3.8, 4) is 46.8 Å². The molecule has 0 spiro atoms. The van der Waals surface area contributed by atoms with Crippen molar-refractivity contribution in [2.24, 2.45) is 0 Å². The molecule has 0 aliphatic carbocycles. The fourth-order valence-electron chi connectivity index (χ4n) is 4.91. The first kappa shape index (κ1) is 34.1. The molecule has 0 fully saturated rings. The Morgan fingerprint density at radius 3 is 2.38 bits per heavy atom. The summed E-state index contributed by atoms with van der Waals surface area (Å²) >= 11 is 15.5. The zero-order valence-corrected chi connectivity index (χ0v) is 28.1. The Kier molecular flexibility index (Phi) is 12.5. The molecule has 1 aromatic heterocycles. The Balaban J connectivity index is 1.58. The summed E-state index contributed by atoms with van der Waals surface area (Å²) < 4.78 is 18.4. The van der Waals surface area contributed by atoms with E-state index in [0.29, 0.717) is 35.2 Å². The Morgan fingerprint density at radius 1 is 0.911 bits per heavy atom. The van der Waals surface area contributed by atoms with Gasteiger partial charge in [0, 0.05) is 47.3 Å². The van der Waals surface area contributed by atoms with Gasteiger partial charge in [0.05, 0.1) is 10.6 Å². The molecule has 0 bridgehead atoms. The molecule has 45 heavy (non-hydrogen) atoms. The number of rotatable bonds is 14. The lowest BCUT2D eigenvalue weighted by molar-refractivity contribution is 0.276. The van der Waals surface area contributed by atoms with Gasteiger partial charge < -0.3 is 19.1 Å². The Bertz CT molecular complexity index is 1720. The molecule has 0 aliphatic heterocycles. The molecule has 3 aromatic carbocycles. The molecule has 6 nitrogen and oxygen atoms in total. The van der Waals surface area contributed by atoms with Gasteiger partial charge in [0.2, 0.25) is 0 Å². The molecule has 0 saturated heterocycles. The van der Waals surface area contributed by atoms with E-state index in [1.54, 1.807) is 12.3 Å². The zero-order chi connectivity index (χ0) is 32.3. The van der Waals surface area contributed by atoms with E-state index in [0.717, 1.165) is 57.7 Å². The van der Waals surface area contributed by atoms with Crippen LogP contribution in [-0.4, -0.2) is 34.7 Å². The summed E-state index contributed by atoms with van der Waals surface area (Å²) in [5.74, 6) is 4.45. The average molecular weight is 658 g/mol. The molecular weight excluding hydrogens is 622 g/mol. The maximum absolute atomic E-state index is 9.27. The van der Waals surface area contributed by atoms with E-state index < -0.39 is 0 Å². The predicted molar refractivity (Wildman–Crippen MR) is 187 cm³/mol. The van der Waals surface area contributed by atoms with E-state index in [-0.39, 0.29) is 17.8 Å². The van der Waals surface area contributed by atoms with E-state index in [2.05, 4.69) is 66.2 Å². The van der Waals surface area contributed by atoms with Gasteiger partial charge in [-0.25, -0.2) is 0 Å². The molecule has 0 atom stereocenters. The van der Waals surface area contributed by atoms with Crippen LogP contribution in [0.2, 0.25) is 5.02 Å². The lowest BCUT2D eigenvalue weighted by Crippen LogP contribution is -2.21. The van der Waals surface area contributed by atoms with Gasteiger partial charge in [-0.2, -0.15) is 30.5 Å². The van der Waals surface area contributed by atoms with Crippen LogP contribution >= 0.6 is 36.9 Å². The van der Waals surface area contributed by atoms with Gasteiger partial charge in [-0.05, 0) is 73.3 Å². The lowest BCUT2D eigenvalue weighted by atomic mass is 9.93. The summed E-state index contributed by atoms with van der Waals surface area (Å²) in [7, 11) is 2.03. The third kappa shape index (κ3) is 9.36. The predicted octanol–water partition coefficient (Wildman–Crippen LogP) is 8.07. The Hall–Kier alpha value is -3.79. The van der Waals surface area contributed by atoms with Crippen LogP contribution in [0.1, 0.15) is 39.8 Å². The van der Waals surface area contributed by atoms with Gasteiger partial charge in [0.25, 0.3) is 0 Å². The second-order valence-electron chi connectivity index (χ2n) is 10.7. The third-order valence-corrected chi connectivity index (χ3v) is 8.17. The summed E-state index contributed by atoms with van der Waals surface area (Å²) in [6.45, 7) is 6.28. The molecule has 0 N–H and O–H groups in total. The van der Waals surface area contributed by atoms with Crippen molar-refractivity contribution >= 4 is 36.9 Å². The smallest absolute Gasteiger partial charge is 0.148 e. The fraction of sp³-hybridized carbons (Fsp3) is 0.278. The summed E-state index contributed by atoms with van der Waals surface area (Å²) in [6.07, 6.45) is 9.43. The van der Waals surface area contributed by atoms with Crippen molar-refractivity contribution in [3.63, 3.8) is 0 Å². The minimum atomic E-state index is -0.000876. The van der Waals surface area contributed by atoms with E-state index in [9.17, 15) is 5.26 Å². The number of ether oxygens (including phenoxy) is 3. The van der Waals surface area contributed by atoms with Crippen molar-refractivity contribution in [2.45, 2.75) is 44.6 Å². The standard InChI is InChI=1S/C36H36ClN3O3S2/c1-5-14-41-33-11-7-10-31(25(33)3)30-9-6-8-28(24(30)2)23-43-35-17-34(42-22-27-15-26(18-38)19-39-20-27)29(16-32(35)37)21-40(4)13-12-36(44)45/h1,6-11,15-17,19-20,36,44-45H,12-14,21-23H2,2-4H3. The highest BCUT2D eigenvalue weighted by atomic mass is 35.5. The van der Waals surface area contributed by atoms with E-state index in [1.165, 1.54) is 6.20 Å². The van der Waals surface area contributed by atoms with Crippen molar-refractivity contribution in [1.29, 1.82) is 5.26 Å². The number of thiol groups is 2. The van der Waals surface area contributed by atoms with Gasteiger partial charge in [-0.15, -0.1) is 6.42 Å². The van der Waals surface area contributed by atoms with Crippen LogP contribution in [0.3, 0.4) is 0 Å². The number of terminal acetylenes is 1. The Labute approximate surface area is 282 Å². The summed E-state index contributed by atoms with van der Waals surface area (Å²) in [6, 6.07) is 19.7. The molecule has 4 rings (SSSR count). The van der Waals surface area contributed by atoms with Crippen LogP contribution in [-0.2, 0) is 19.8 Å². The van der Waals surface area contributed by atoms with Gasteiger partial charge in [-0.1, -0.05) is 47.9 Å². The van der Waals surface area contributed by atoms with Gasteiger partial charge in [0.15, 0.2) is 0 Å². The highest BCUT2D eigenvalue weighted by Crippen LogP contribution is 2.36. The van der Waals surface area contributed by atoms with E-state index in [1.807, 2.05) is 50.4 Å². The fourth-order valence-corrected chi connectivity index (χ4v) is 5.38. The normalized spacial score (nSPS) is 10.9. The molecule has 0 saturated carbocycles. The van der Waals surface area contributed by atoms with Gasteiger partial charge in [0.1, 0.15) is 43.1 Å². The van der Waals surface area contributed by atoms with Crippen LogP contribution in [0.25, 0.3) is 11.1 Å². The average Bonchev–Trinajstić information content (AvgIpc) is 3.03. The van der Waals surface area contributed by atoms with E-state index in [4.69, 9.17) is 32.2 Å². The number of hydrogen-bond donors (Lipinski definition) is 2. The topological polar surface area (TPSA) is 67.6 Å². The molecule has 0 aliphatic rings. The van der Waals surface area contributed by atoms with Crippen LogP contribution in [0.5, 0.6) is 17.2 Å². The largest absolute Gasteiger partial charge is 0.488 e. The SMILES string of the molecule is C#CCOc1cccc(-c2cccc(COc3cc(OCc4cncc(C#N)c4)c(CN(C)CCC(S)S)cc3Cl)c2C)c1C. The van der Waals surface area contributed by atoms with Crippen LogP contribution < -0.4 is 14.2 Å². The molecule has 232 valence electrons. The van der Waals surface area contributed by atoms with Crippen molar-refractivity contribution in [2.75, 3.05) is 20.2 Å². The number of aromatic nitrogens is 1. The maximum Gasteiger partial charge on any atom is 0.148 e. The van der Waals surface area contributed by atoms with Crippen LogP contribution in [0.4, 0.5) is 0 Å². The quantitative estimate of drug-likeness (QED) is 0.0812. The van der Waals surface area contributed by atoms with Gasteiger partial charge in [-0.3, -0.25) is 4.98 Å². The maximum atomic E-state index is 9.27. The van der Waals surface area contributed by atoms with Crippen LogP contribution in [0, 0.1) is 37.5 Å². The zero-order valence-electron chi connectivity index (χ0n) is 25.6. The first-order chi connectivity index (χ1) is 21.7. The number of nitriles is 1. The molecule has 1 heterocycles. The minimum absolute atomic E-state index is 0.000876. The lowest BCUT2D eigenvalue weighted by Gasteiger charge is -2.21. The minimum Gasteiger partial charge on any atom is -0.488 e. The number of pyridine rings is 1. The summed E-state index contributed by atoms with van der Waals surface area (Å²) in [4.78, 5) is 6.32. The molecular formula is C36H36ClN3O3S2. The molecule has 0 amide bonds. The first-order valence-corrected chi connectivity index (χ1v) is 15.8. The third-order valence-electron chi connectivity index (χ3n) is 7.36. The second kappa shape index (κ2) is 16.5. The highest BCUT2D eigenvalue weighted by molar-refractivity contribution is 7.99. The number of halogens is 1. The summed E-state index contributed by atoms with van der Waals surface area (Å²) in [5, 5.41) is 9.76. The Morgan fingerprint density at radius 2 is 1.64 bits per heavy atom. The van der Waals surface area contributed by atoms with Crippen molar-refractivity contribution in [3.05, 3.63) is 105 Å². The highest BCUT2D eigenvalue weighted by Gasteiger charge is 2.16. The van der Waals surface area contributed by atoms with Gasteiger partial charge >= 0.3 is 0 Å². The number of hydrogen-bond acceptors (Lipinski definition) is 8. The first-order valence-electron chi connectivity index (χ1n) is 14.4. The van der Waals surface area contributed by atoms with Crippen molar-refractivity contribution < 1.29 is 14.2 Å². The van der Waals surface area contributed by atoms with Crippen molar-refractivity contribution in [1.82, 2.24) is 9.88 Å².